The molecule has 0 bridgehead atoms. The minimum absolute atomic E-state index is 1.25. The zero-order valence-corrected chi connectivity index (χ0v) is 30.8. The summed E-state index contributed by atoms with van der Waals surface area (Å²) in [5.74, 6) is 0. The van der Waals surface area contributed by atoms with Gasteiger partial charge in [-0.3, -0.25) is 0 Å². The number of hydrogen-bond donors (Lipinski definition) is 0. The van der Waals surface area contributed by atoms with Crippen molar-refractivity contribution in [2.24, 2.45) is 0 Å². The number of thiophene rings is 2. The molecule has 12 rings (SSSR count). The van der Waals surface area contributed by atoms with Crippen LogP contribution in [0, 0.1) is 0 Å². The van der Waals surface area contributed by atoms with Crippen molar-refractivity contribution in [1.29, 1.82) is 0 Å². The van der Waals surface area contributed by atoms with Gasteiger partial charge in [-0.15, -0.1) is 22.7 Å². The average molecular weight is 719 g/mol. The van der Waals surface area contributed by atoms with Crippen LogP contribution in [0.15, 0.2) is 182 Å². The van der Waals surface area contributed by atoms with Crippen LogP contribution in [0.3, 0.4) is 0 Å². The number of fused-ring (bicyclic) bond motifs is 11. The molecule has 0 aliphatic rings. The van der Waals surface area contributed by atoms with Crippen LogP contribution in [0.2, 0.25) is 0 Å². The van der Waals surface area contributed by atoms with Gasteiger partial charge in [0.15, 0.2) is 0 Å². The predicted molar refractivity (Wildman–Crippen MR) is 239 cm³/mol. The van der Waals surface area contributed by atoms with Crippen LogP contribution >= 0.6 is 22.7 Å². The second kappa shape index (κ2) is 11.6. The largest absolute Gasteiger partial charge is 0.135 e. The molecule has 2 aromatic heterocycles. The first-order chi connectivity index (χ1) is 26.8. The van der Waals surface area contributed by atoms with E-state index in [0.29, 0.717) is 0 Å². The van der Waals surface area contributed by atoms with Gasteiger partial charge in [-0.1, -0.05) is 164 Å². The van der Waals surface area contributed by atoms with E-state index >= 15 is 0 Å². The zero-order chi connectivity index (χ0) is 35.3. The second-order valence-electron chi connectivity index (χ2n) is 14.3. The molecule has 0 unspecified atom stereocenters. The lowest BCUT2D eigenvalue weighted by Gasteiger charge is -2.20. The van der Waals surface area contributed by atoms with Gasteiger partial charge in [-0.05, 0) is 94.7 Å². The minimum atomic E-state index is 1.25. The van der Waals surface area contributed by atoms with Gasteiger partial charge in [0.25, 0.3) is 0 Å². The molecule has 0 saturated heterocycles. The lowest BCUT2D eigenvalue weighted by atomic mass is 9.83. The molecule has 0 aliphatic heterocycles. The Morgan fingerprint density at radius 2 is 0.815 bits per heavy atom. The van der Waals surface area contributed by atoms with Crippen molar-refractivity contribution in [3.63, 3.8) is 0 Å². The Morgan fingerprint density at radius 3 is 1.54 bits per heavy atom. The Hall–Kier alpha value is -6.32. The summed E-state index contributed by atoms with van der Waals surface area (Å²) in [6, 6.07) is 67.8. The molecule has 0 aliphatic carbocycles. The van der Waals surface area contributed by atoms with E-state index in [4.69, 9.17) is 0 Å². The van der Waals surface area contributed by atoms with E-state index in [1.54, 1.807) is 0 Å². The van der Waals surface area contributed by atoms with Gasteiger partial charge in [0.2, 0.25) is 0 Å². The molecule has 0 radical (unpaired) electrons. The maximum Gasteiger partial charge on any atom is 0.0448 e. The smallest absolute Gasteiger partial charge is 0.0448 e. The van der Waals surface area contributed by atoms with Crippen molar-refractivity contribution in [2.45, 2.75) is 0 Å². The highest BCUT2D eigenvalue weighted by molar-refractivity contribution is 7.29. The molecule has 0 saturated carbocycles. The summed E-state index contributed by atoms with van der Waals surface area (Å²) in [6.45, 7) is 0. The van der Waals surface area contributed by atoms with E-state index in [1.165, 1.54) is 117 Å². The third kappa shape index (κ3) is 4.30. The Labute approximate surface area is 319 Å². The van der Waals surface area contributed by atoms with Crippen LogP contribution in [0.4, 0.5) is 0 Å². The summed E-state index contributed by atoms with van der Waals surface area (Å²) >= 11 is 3.83. The molecule has 0 N–H and O–H groups in total. The highest BCUT2D eigenvalue weighted by atomic mass is 32.1. The van der Waals surface area contributed by atoms with E-state index in [2.05, 4.69) is 182 Å². The third-order valence-corrected chi connectivity index (χ3v) is 13.8. The second-order valence-corrected chi connectivity index (χ2v) is 16.4. The maximum absolute atomic E-state index is 2.42. The normalized spacial score (nSPS) is 12.1. The number of rotatable bonds is 3. The highest BCUT2D eigenvalue weighted by Crippen LogP contribution is 2.49. The van der Waals surface area contributed by atoms with Gasteiger partial charge >= 0.3 is 0 Å². The fourth-order valence-corrected chi connectivity index (χ4v) is 11.6. The lowest BCUT2D eigenvalue weighted by Crippen LogP contribution is -1.93. The van der Waals surface area contributed by atoms with E-state index in [0.717, 1.165) is 0 Å². The first-order valence-electron chi connectivity index (χ1n) is 18.5. The molecule has 0 amide bonds. The van der Waals surface area contributed by atoms with E-state index in [9.17, 15) is 0 Å². The summed E-state index contributed by atoms with van der Waals surface area (Å²) < 4.78 is 5.44. The van der Waals surface area contributed by atoms with Crippen LogP contribution in [0.25, 0.3) is 117 Å². The van der Waals surface area contributed by atoms with Gasteiger partial charge in [0.1, 0.15) is 0 Å². The monoisotopic (exact) mass is 718 g/mol. The molecule has 10 aromatic carbocycles. The van der Waals surface area contributed by atoms with E-state index in [-0.39, 0.29) is 0 Å². The number of hydrogen-bond acceptors (Lipinski definition) is 2. The van der Waals surface area contributed by atoms with Crippen LogP contribution in [-0.4, -0.2) is 0 Å². The zero-order valence-electron chi connectivity index (χ0n) is 29.1. The molecule has 0 fully saturated rings. The van der Waals surface area contributed by atoms with Gasteiger partial charge in [-0.2, -0.15) is 0 Å². The Kier molecular flexibility index (Phi) is 6.48. The van der Waals surface area contributed by atoms with Crippen molar-refractivity contribution < 1.29 is 0 Å². The molecule has 2 heterocycles. The Bertz CT molecular complexity index is 3440. The standard InChI is InChI=1S/C52H30S2/c1-2-14-33-31(12-1)13-11-22-38(33)49-39-17-5-7-19-41(39)50(42-20-8-6-18-40(42)49)43-27-26-34(35-15-3-4-16-36(35)43)32-24-25-37-44-28-29-47-51(52(44)54-48(37)30-32)45-21-9-10-23-46(45)53-47/h1-30H. The molecular formula is C52H30S2. The van der Waals surface area contributed by atoms with E-state index in [1.807, 2.05) is 22.7 Å². The van der Waals surface area contributed by atoms with Gasteiger partial charge in [0, 0.05) is 40.3 Å². The molecule has 0 nitrogen and oxygen atoms in total. The molecule has 0 atom stereocenters. The van der Waals surface area contributed by atoms with Crippen LogP contribution < -0.4 is 0 Å². The first kappa shape index (κ1) is 30.2. The van der Waals surface area contributed by atoms with Crippen LogP contribution in [-0.2, 0) is 0 Å². The lowest BCUT2D eigenvalue weighted by molar-refractivity contribution is 1.67. The molecule has 2 heteroatoms. The molecule has 0 spiro atoms. The van der Waals surface area contributed by atoms with Gasteiger partial charge < -0.3 is 0 Å². The SMILES string of the molecule is c1ccc2c(-c3c4ccccc4c(-c4ccc(-c5ccc6c(c5)sc5c6ccc6sc7ccccc7c65)c5ccccc45)c4ccccc34)cccc2c1. The van der Waals surface area contributed by atoms with Crippen molar-refractivity contribution in [1.82, 2.24) is 0 Å². The molecule has 54 heavy (non-hydrogen) atoms. The summed E-state index contributed by atoms with van der Waals surface area (Å²) in [5.41, 5.74) is 7.65. The summed E-state index contributed by atoms with van der Waals surface area (Å²) in [7, 11) is 0. The Morgan fingerprint density at radius 1 is 0.278 bits per heavy atom. The summed E-state index contributed by atoms with van der Waals surface area (Å²) in [5, 5.41) is 15.6. The molecule has 250 valence electrons. The topological polar surface area (TPSA) is 0 Å². The molecular weight excluding hydrogens is 689 g/mol. The first-order valence-corrected chi connectivity index (χ1v) is 20.1. The minimum Gasteiger partial charge on any atom is -0.135 e. The summed E-state index contributed by atoms with van der Waals surface area (Å²) in [4.78, 5) is 0. The van der Waals surface area contributed by atoms with Gasteiger partial charge in [-0.25, -0.2) is 0 Å². The Balaban J connectivity index is 1.09. The van der Waals surface area contributed by atoms with Crippen molar-refractivity contribution in [3.05, 3.63) is 182 Å². The van der Waals surface area contributed by atoms with Crippen molar-refractivity contribution in [2.75, 3.05) is 0 Å². The van der Waals surface area contributed by atoms with Crippen molar-refractivity contribution in [3.8, 4) is 33.4 Å². The highest BCUT2D eigenvalue weighted by Gasteiger charge is 2.20. The number of benzene rings is 10. The van der Waals surface area contributed by atoms with Crippen molar-refractivity contribution >= 4 is 106 Å². The van der Waals surface area contributed by atoms with Crippen LogP contribution in [0.5, 0.6) is 0 Å². The van der Waals surface area contributed by atoms with Crippen LogP contribution in [0.1, 0.15) is 0 Å². The average Bonchev–Trinajstić information content (AvgIpc) is 3.80. The summed E-state index contributed by atoms with van der Waals surface area (Å²) in [6.07, 6.45) is 0. The van der Waals surface area contributed by atoms with Gasteiger partial charge in [0.05, 0.1) is 0 Å². The van der Waals surface area contributed by atoms with E-state index < -0.39 is 0 Å². The maximum atomic E-state index is 2.42. The fourth-order valence-electron chi connectivity index (χ4n) is 9.13. The fraction of sp³-hybridized carbons (Fsp3) is 0. The third-order valence-electron chi connectivity index (χ3n) is 11.5. The predicted octanol–water partition coefficient (Wildman–Crippen LogP) is 16.0. The quantitative estimate of drug-likeness (QED) is 0.160. The molecule has 12 aromatic rings.